The molecular formula is C10H10N2O2. The first-order chi connectivity index (χ1) is 6.66. The van der Waals surface area contributed by atoms with Gasteiger partial charge in [0.1, 0.15) is 0 Å². The van der Waals surface area contributed by atoms with Gasteiger partial charge >= 0.3 is 0 Å². The highest BCUT2D eigenvalue weighted by Gasteiger charge is 2.31. The van der Waals surface area contributed by atoms with E-state index in [1.807, 2.05) is 0 Å². The number of imide groups is 1. The molecule has 4 nitrogen and oxygen atoms in total. The molecule has 0 spiro atoms. The predicted molar refractivity (Wildman–Crippen MR) is 51.4 cm³/mol. The molecule has 1 aliphatic rings. The van der Waals surface area contributed by atoms with Gasteiger partial charge in [-0.3, -0.25) is 14.9 Å². The van der Waals surface area contributed by atoms with E-state index in [9.17, 15) is 9.59 Å². The van der Waals surface area contributed by atoms with E-state index in [1.54, 1.807) is 24.3 Å². The number of hydrogen-bond donors (Lipinski definition) is 2. The second-order valence-electron chi connectivity index (χ2n) is 3.34. The molecule has 72 valence electrons. The summed E-state index contributed by atoms with van der Waals surface area (Å²) in [5.74, 6) is -0.778. The number of benzene rings is 1. The van der Waals surface area contributed by atoms with E-state index in [0.717, 1.165) is 5.56 Å². The van der Waals surface area contributed by atoms with Crippen molar-refractivity contribution in [3.63, 3.8) is 0 Å². The van der Waals surface area contributed by atoms with Gasteiger partial charge in [-0.25, -0.2) is 0 Å². The Hall–Kier alpha value is -1.84. The molecule has 0 saturated carbocycles. The summed E-state index contributed by atoms with van der Waals surface area (Å²) in [4.78, 5) is 22.3. The number of rotatable bonds is 1. The molecular weight excluding hydrogens is 180 g/mol. The van der Waals surface area contributed by atoms with Crippen molar-refractivity contribution in [3.8, 4) is 0 Å². The molecule has 4 heteroatoms. The molecule has 1 aliphatic heterocycles. The Morgan fingerprint density at radius 3 is 2.36 bits per heavy atom. The third-order valence-electron chi connectivity index (χ3n) is 2.31. The molecule has 2 rings (SSSR count). The molecule has 1 heterocycles. The van der Waals surface area contributed by atoms with E-state index in [0.29, 0.717) is 5.69 Å². The highest BCUT2D eigenvalue weighted by molar-refractivity contribution is 6.06. The van der Waals surface area contributed by atoms with Crippen LogP contribution in [0.25, 0.3) is 0 Å². The standard InChI is InChI=1S/C10H10N2O2/c11-7-3-1-6(2-4-7)8-5-9(13)12-10(8)14/h1-4,8H,5,11H2,(H,12,13,14)/t8-/m0/s1. The Balaban J connectivity index is 2.27. The summed E-state index contributed by atoms with van der Waals surface area (Å²) in [5, 5.41) is 2.27. The van der Waals surface area contributed by atoms with Crippen molar-refractivity contribution in [3.05, 3.63) is 29.8 Å². The Morgan fingerprint density at radius 2 is 1.86 bits per heavy atom. The minimum atomic E-state index is -0.344. The van der Waals surface area contributed by atoms with Gasteiger partial charge in [0, 0.05) is 12.1 Å². The van der Waals surface area contributed by atoms with E-state index in [2.05, 4.69) is 5.32 Å². The highest BCUT2D eigenvalue weighted by Crippen LogP contribution is 2.24. The lowest BCUT2D eigenvalue weighted by Gasteiger charge is -2.05. The van der Waals surface area contributed by atoms with Gasteiger partial charge in [0.15, 0.2) is 0 Å². The first-order valence-corrected chi connectivity index (χ1v) is 4.36. The van der Waals surface area contributed by atoms with E-state index in [1.165, 1.54) is 0 Å². The fourth-order valence-electron chi connectivity index (χ4n) is 1.55. The fourth-order valence-corrected chi connectivity index (χ4v) is 1.55. The largest absolute Gasteiger partial charge is 0.399 e. The van der Waals surface area contributed by atoms with Crippen LogP contribution in [0.4, 0.5) is 5.69 Å². The van der Waals surface area contributed by atoms with Gasteiger partial charge in [-0.1, -0.05) is 12.1 Å². The Labute approximate surface area is 81.1 Å². The molecule has 3 N–H and O–H groups in total. The molecule has 14 heavy (non-hydrogen) atoms. The number of carbonyl (C=O) groups is 2. The molecule has 1 aromatic carbocycles. The zero-order valence-corrected chi connectivity index (χ0v) is 7.49. The number of hydrogen-bond acceptors (Lipinski definition) is 3. The fraction of sp³-hybridized carbons (Fsp3) is 0.200. The van der Waals surface area contributed by atoms with Gasteiger partial charge in [0.25, 0.3) is 0 Å². The summed E-state index contributed by atoms with van der Waals surface area (Å²) in [5.41, 5.74) is 7.01. The molecule has 0 unspecified atom stereocenters. The molecule has 1 atom stereocenters. The van der Waals surface area contributed by atoms with Crippen LogP contribution in [0, 0.1) is 0 Å². The van der Waals surface area contributed by atoms with Crippen molar-refractivity contribution in [2.75, 3.05) is 5.73 Å². The van der Waals surface area contributed by atoms with Crippen molar-refractivity contribution in [1.29, 1.82) is 0 Å². The SMILES string of the molecule is Nc1ccc([C@@H]2CC(=O)NC2=O)cc1. The number of anilines is 1. The normalized spacial score (nSPS) is 21.0. The molecule has 0 bridgehead atoms. The van der Waals surface area contributed by atoms with Crippen molar-refractivity contribution in [2.45, 2.75) is 12.3 Å². The lowest BCUT2D eigenvalue weighted by atomic mass is 9.97. The van der Waals surface area contributed by atoms with Crippen LogP contribution < -0.4 is 11.1 Å². The van der Waals surface area contributed by atoms with Crippen LogP contribution in [0.2, 0.25) is 0 Å². The van der Waals surface area contributed by atoms with E-state index >= 15 is 0 Å². The summed E-state index contributed by atoms with van der Waals surface area (Å²) in [6.45, 7) is 0. The lowest BCUT2D eigenvalue weighted by molar-refractivity contribution is -0.125. The monoisotopic (exact) mass is 190 g/mol. The van der Waals surface area contributed by atoms with E-state index in [-0.39, 0.29) is 24.2 Å². The maximum Gasteiger partial charge on any atom is 0.234 e. The molecule has 1 fully saturated rings. The van der Waals surface area contributed by atoms with Gasteiger partial charge in [-0.2, -0.15) is 0 Å². The quantitative estimate of drug-likeness (QED) is 0.497. The molecule has 0 aromatic heterocycles. The Kier molecular flexibility index (Phi) is 1.96. The zero-order chi connectivity index (χ0) is 10.1. The first kappa shape index (κ1) is 8.74. The Morgan fingerprint density at radius 1 is 1.21 bits per heavy atom. The predicted octanol–water partition coefficient (Wildman–Crippen LogP) is 0.399. The lowest BCUT2D eigenvalue weighted by Crippen LogP contribution is -2.21. The van der Waals surface area contributed by atoms with Crippen molar-refractivity contribution >= 4 is 17.5 Å². The minimum Gasteiger partial charge on any atom is -0.399 e. The van der Waals surface area contributed by atoms with Gasteiger partial charge in [-0.05, 0) is 17.7 Å². The van der Waals surface area contributed by atoms with Crippen LogP contribution in [0.5, 0.6) is 0 Å². The van der Waals surface area contributed by atoms with Crippen LogP contribution >= 0.6 is 0 Å². The highest BCUT2D eigenvalue weighted by atomic mass is 16.2. The third-order valence-corrected chi connectivity index (χ3v) is 2.31. The Bertz CT molecular complexity index is 384. The van der Waals surface area contributed by atoms with Crippen LogP contribution in [0.15, 0.2) is 24.3 Å². The molecule has 0 radical (unpaired) electrons. The van der Waals surface area contributed by atoms with Crippen LogP contribution in [-0.4, -0.2) is 11.8 Å². The minimum absolute atomic E-state index is 0.211. The summed E-state index contributed by atoms with van der Waals surface area (Å²) in [6.07, 6.45) is 0.239. The van der Waals surface area contributed by atoms with Gasteiger partial charge in [0.05, 0.1) is 5.92 Å². The zero-order valence-electron chi connectivity index (χ0n) is 7.49. The third kappa shape index (κ3) is 1.46. The van der Waals surface area contributed by atoms with Crippen LogP contribution in [0.1, 0.15) is 17.9 Å². The number of nitrogen functional groups attached to an aromatic ring is 1. The summed E-state index contributed by atoms with van der Waals surface area (Å²) < 4.78 is 0. The number of amides is 2. The summed E-state index contributed by atoms with van der Waals surface area (Å²) in [7, 11) is 0. The first-order valence-electron chi connectivity index (χ1n) is 4.36. The average molecular weight is 190 g/mol. The molecule has 2 amide bonds. The number of nitrogens with two attached hydrogens (primary N) is 1. The topological polar surface area (TPSA) is 72.2 Å². The van der Waals surface area contributed by atoms with Crippen molar-refractivity contribution in [1.82, 2.24) is 5.32 Å². The summed E-state index contributed by atoms with van der Waals surface area (Å²) >= 11 is 0. The number of nitrogens with one attached hydrogen (secondary N) is 1. The van der Waals surface area contributed by atoms with Crippen LogP contribution in [-0.2, 0) is 9.59 Å². The number of carbonyl (C=O) groups excluding carboxylic acids is 2. The van der Waals surface area contributed by atoms with Crippen molar-refractivity contribution in [2.24, 2.45) is 0 Å². The van der Waals surface area contributed by atoms with Gasteiger partial charge in [0.2, 0.25) is 11.8 Å². The second kappa shape index (κ2) is 3.14. The maximum atomic E-state index is 11.3. The van der Waals surface area contributed by atoms with Gasteiger partial charge < -0.3 is 5.73 Å². The van der Waals surface area contributed by atoms with Crippen LogP contribution in [0.3, 0.4) is 0 Å². The second-order valence-corrected chi connectivity index (χ2v) is 3.34. The summed E-state index contributed by atoms with van der Waals surface area (Å²) in [6, 6.07) is 7.01. The smallest absolute Gasteiger partial charge is 0.234 e. The van der Waals surface area contributed by atoms with Crippen molar-refractivity contribution < 1.29 is 9.59 Å². The van der Waals surface area contributed by atoms with E-state index < -0.39 is 0 Å². The molecule has 0 aliphatic carbocycles. The van der Waals surface area contributed by atoms with Gasteiger partial charge in [-0.15, -0.1) is 0 Å². The molecule has 1 aromatic rings. The average Bonchev–Trinajstić information content (AvgIpc) is 2.47. The molecule has 1 saturated heterocycles. The maximum absolute atomic E-state index is 11.3. The van der Waals surface area contributed by atoms with E-state index in [4.69, 9.17) is 5.73 Å².